The Morgan fingerprint density at radius 3 is 2.54 bits per heavy atom. The molecule has 1 aliphatic heterocycles. The number of nitrogens with zero attached hydrogens (tertiary/aromatic N) is 2. The zero-order valence-corrected chi connectivity index (χ0v) is 15.7. The van der Waals surface area contributed by atoms with E-state index >= 15 is 0 Å². The molecule has 3 fully saturated rings. The molecule has 1 aromatic heterocycles. The van der Waals surface area contributed by atoms with Crippen LogP contribution in [-0.2, 0) is 10.0 Å². The molecule has 8 heteroatoms. The first-order chi connectivity index (χ1) is 12.5. The summed E-state index contributed by atoms with van der Waals surface area (Å²) in [5.74, 6) is 0.266. The van der Waals surface area contributed by atoms with Crippen molar-refractivity contribution in [2.45, 2.75) is 62.3 Å². The van der Waals surface area contributed by atoms with E-state index in [1.165, 1.54) is 54.7 Å². The highest BCUT2D eigenvalue weighted by molar-refractivity contribution is 7.89. The molecule has 142 valence electrons. The van der Waals surface area contributed by atoms with Gasteiger partial charge in [0.25, 0.3) is 0 Å². The van der Waals surface area contributed by atoms with E-state index in [-0.39, 0.29) is 22.8 Å². The van der Waals surface area contributed by atoms with Crippen molar-refractivity contribution in [3.8, 4) is 0 Å². The van der Waals surface area contributed by atoms with E-state index < -0.39 is 10.0 Å². The molecule has 1 spiro atoms. The second-order valence-electron chi connectivity index (χ2n) is 7.75. The second-order valence-corrected chi connectivity index (χ2v) is 9.69. The van der Waals surface area contributed by atoms with Gasteiger partial charge in [-0.15, -0.1) is 0 Å². The lowest BCUT2D eigenvalue weighted by Crippen LogP contribution is -2.54. The van der Waals surface area contributed by atoms with Gasteiger partial charge in [0.2, 0.25) is 10.0 Å². The number of carbonyl (C=O) groups excluding carboxylic acids is 1. The molecule has 0 radical (unpaired) electrons. The Balaban J connectivity index is 1.41. The fraction of sp³-hybridized carbons (Fsp3) is 0.667. The van der Waals surface area contributed by atoms with Gasteiger partial charge in [0.05, 0.1) is 4.90 Å². The van der Waals surface area contributed by atoms with Gasteiger partial charge < -0.3 is 5.32 Å². The molecular weight excluding hydrogens is 352 g/mol. The van der Waals surface area contributed by atoms with Crippen LogP contribution in [0.2, 0.25) is 0 Å². The minimum Gasteiger partial charge on any atom is -0.335 e. The molecule has 26 heavy (non-hydrogen) atoms. The van der Waals surface area contributed by atoms with Crippen molar-refractivity contribution in [1.82, 2.24) is 14.6 Å². The summed E-state index contributed by atoms with van der Waals surface area (Å²) in [5.41, 5.74) is 0.297. The Morgan fingerprint density at radius 2 is 1.88 bits per heavy atom. The summed E-state index contributed by atoms with van der Waals surface area (Å²) in [6, 6.07) is 2.85. The molecule has 4 rings (SSSR count). The number of pyridine rings is 1. The maximum absolute atomic E-state index is 12.6. The molecule has 1 saturated heterocycles. The number of hydrogen-bond donors (Lipinski definition) is 2. The van der Waals surface area contributed by atoms with Gasteiger partial charge in [-0.05, 0) is 50.0 Å². The van der Waals surface area contributed by atoms with E-state index in [0.717, 1.165) is 19.3 Å². The van der Waals surface area contributed by atoms with Crippen molar-refractivity contribution in [3.63, 3.8) is 0 Å². The third-order valence-corrected chi connectivity index (χ3v) is 8.15. The largest absolute Gasteiger partial charge is 0.335 e. The molecule has 1 atom stereocenters. The lowest BCUT2D eigenvalue weighted by atomic mass is 9.63. The summed E-state index contributed by atoms with van der Waals surface area (Å²) in [6.07, 6.45) is 10.3. The number of carbonyl (C=O) groups is 1. The highest BCUT2D eigenvalue weighted by Gasteiger charge is 2.48. The monoisotopic (exact) mass is 378 g/mol. The summed E-state index contributed by atoms with van der Waals surface area (Å²) in [7, 11) is -3.51. The first kappa shape index (κ1) is 17.7. The number of amides is 2. The highest BCUT2D eigenvalue weighted by atomic mass is 32.2. The third kappa shape index (κ3) is 3.20. The van der Waals surface area contributed by atoms with Crippen LogP contribution in [0.5, 0.6) is 0 Å². The minimum absolute atomic E-state index is 0.181. The fourth-order valence-corrected chi connectivity index (χ4v) is 6.16. The normalized spacial score (nSPS) is 25.2. The number of anilines is 1. The lowest BCUT2D eigenvalue weighted by molar-refractivity contribution is 0.0811. The Morgan fingerprint density at radius 1 is 1.15 bits per heavy atom. The SMILES string of the molecule is O=C(Nc1cc(S(=O)(=O)N2CCCC2)ccn1)NC1CCC12CCCC2. The molecule has 2 heterocycles. The van der Waals surface area contributed by atoms with Gasteiger partial charge in [0.1, 0.15) is 5.82 Å². The van der Waals surface area contributed by atoms with Crippen molar-refractivity contribution < 1.29 is 13.2 Å². The van der Waals surface area contributed by atoms with E-state index in [9.17, 15) is 13.2 Å². The van der Waals surface area contributed by atoms with Gasteiger partial charge in [0, 0.05) is 31.4 Å². The van der Waals surface area contributed by atoms with Gasteiger partial charge in [-0.1, -0.05) is 12.8 Å². The number of sulfonamides is 1. The van der Waals surface area contributed by atoms with Crippen LogP contribution in [0.3, 0.4) is 0 Å². The number of rotatable bonds is 4. The summed E-state index contributed by atoms with van der Waals surface area (Å²) in [5, 5.41) is 5.77. The van der Waals surface area contributed by atoms with Crippen molar-refractivity contribution in [2.24, 2.45) is 5.41 Å². The number of nitrogens with one attached hydrogen (secondary N) is 2. The quantitative estimate of drug-likeness (QED) is 0.843. The Hall–Kier alpha value is -1.67. The van der Waals surface area contributed by atoms with Gasteiger partial charge in [0.15, 0.2) is 0 Å². The zero-order chi connectivity index (χ0) is 18.2. The van der Waals surface area contributed by atoms with Crippen molar-refractivity contribution >= 4 is 21.9 Å². The molecule has 2 N–H and O–H groups in total. The van der Waals surface area contributed by atoms with Crippen molar-refractivity contribution in [2.75, 3.05) is 18.4 Å². The van der Waals surface area contributed by atoms with Crippen molar-refractivity contribution in [1.29, 1.82) is 0 Å². The average Bonchev–Trinajstić information content (AvgIpc) is 3.31. The maximum Gasteiger partial charge on any atom is 0.320 e. The molecule has 0 aromatic carbocycles. The lowest BCUT2D eigenvalue weighted by Gasteiger charge is -2.47. The van der Waals surface area contributed by atoms with E-state index in [1.54, 1.807) is 0 Å². The fourth-order valence-electron chi connectivity index (χ4n) is 4.63. The number of urea groups is 1. The van der Waals surface area contributed by atoms with Crippen molar-refractivity contribution in [3.05, 3.63) is 18.3 Å². The smallest absolute Gasteiger partial charge is 0.320 e. The summed E-state index contributed by atoms with van der Waals surface area (Å²) >= 11 is 0. The summed E-state index contributed by atoms with van der Waals surface area (Å²) < 4.78 is 26.8. The maximum atomic E-state index is 12.6. The van der Waals surface area contributed by atoms with Crippen LogP contribution in [0.25, 0.3) is 0 Å². The molecule has 0 bridgehead atoms. The first-order valence-electron chi connectivity index (χ1n) is 9.53. The van der Waals surface area contributed by atoms with Gasteiger partial charge in [-0.2, -0.15) is 4.31 Å². The highest BCUT2D eigenvalue weighted by Crippen LogP contribution is 2.53. The molecule has 3 aliphatic rings. The van der Waals surface area contributed by atoms with Crippen LogP contribution in [-0.4, -0.2) is 42.9 Å². The van der Waals surface area contributed by atoms with E-state index in [1.807, 2.05) is 0 Å². The minimum atomic E-state index is -3.51. The van der Waals surface area contributed by atoms with E-state index in [4.69, 9.17) is 0 Å². The van der Waals surface area contributed by atoms with Gasteiger partial charge >= 0.3 is 6.03 Å². The molecule has 2 amide bonds. The van der Waals surface area contributed by atoms with Crippen LogP contribution >= 0.6 is 0 Å². The Bertz CT molecular complexity index is 783. The molecule has 7 nitrogen and oxygen atoms in total. The van der Waals surface area contributed by atoms with E-state index in [0.29, 0.717) is 18.5 Å². The predicted octanol–water partition coefficient (Wildman–Crippen LogP) is 2.71. The second kappa shape index (κ2) is 6.81. The molecule has 2 saturated carbocycles. The van der Waals surface area contributed by atoms with Crippen LogP contribution in [0.4, 0.5) is 10.6 Å². The van der Waals surface area contributed by atoms with Crippen LogP contribution in [0.1, 0.15) is 51.4 Å². The Labute approximate surface area is 154 Å². The van der Waals surface area contributed by atoms with E-state index in [2.05, 4.69) is 15.6 Å². The number of hydrogen-bond acceptors (Lipinski definition) is 4. The topological polar surface area (TPSA) is 91.4 Å². The average molecular weight is 378 g/mol. The van der Waals surface area contributed by atoms with Crippen LogP contribution < -0.4 is 10.6 Å². The van der Waals surface area contributed by atoms with Gasteiger partial charge in [-0.3, -0.25) is 5.32 Å². The number of aromatic nitrogens is 1. The molecule has 1 unspecified atom stereocenters. The molecule has 2 aliphatic carbocycles. The standard InChI is InChI=1S/C18H26N4O3S/c23-17(20-15-5-9-18(15)7-1-2-8-18)21-16-13-14(6-10-19-16)26(24,25)22-11-3-4-12-22/h6,10,13,15H,1-5,7-9,11-12H2,(H2,19,20,21,23). The third-order valence-electron chi connectivity index (χ3n) is 6.25. The molecular formula is C18H26N4O3S. The molecule has 1 aromatic rings. The predicted molar refractivity (Wildman–Crippen MR) is 98.3 cm³/mol. The Kier molecular flexibility index (Phi) is 4.64. The zero-order valence-electron chi connectivity index (χ0n) is 14.9. The summed E-state index contributed by atoms with van der Waals surface area (Å²) in [4.78, 5) is 16.6. The first-order valence-corrected chi connectivity index (χ1v) is 11.0. The van der Waals surface area contributed by atoms with Crippen LogP contribution in [0, 0.1) is 5.41 Å². The van der Waals surface area contributed by atoms with Gasteiger partial charge in [-0.25, -0.2) is 18.2 Å². The summed E-state index contributed by atoms with van der Waals surface area (Å²) in [6.45, 7) is 1.11. The van der Waals surface area contributed by atoms with Crippen LogP contribution in [0.15, 0.2) is 23.2 Å².